The van der Waals surface area contributed by atoms with Gasteiger partial charge in [0.05, 0.1) is 12.1 Å². The van der Waals surface area contributed by atoms with E-state index in [1.807, 2.05) is 78.9 Å². The van der Waals surface area contributed by atoms with Gasteiger partial charge < -0.3 is 5.32 Å². The van der Waals surface area contributed by atoms with E-state index in [0.717, 1.165) is 11.1 Å². The molecule has 4 nitrogen and oxygen atoms in total. The smallest absolute Gasteiger partial charge is 0.230 e. The summed E-state index contributed by atoms with van der Waals surface area (Å²) in [6, 6.07) is 28.2. The minimum Gasteiger partial charge on any atom is -0.302 e. The van der Waals surface area contributed by atoms with E-state index in [-0.39, 0.29) is 18.1 Å². The average molecular weight is 398 g/mol. The summed E-state index contributed by atoms with van der Waals surface area (Å²) >= 11 is 1.20. The molecule has 0 aliphatic rings. The topological polar surface area (TPSA) is 59.1 Å². The highest BCUT2D eigenvalue weighted by Crippen LogP contribution is 2.33. The lowest BCUT2D eigenvalue weighted by Crippen LogP contribution is -2.14. The van der Waals surface area contributed by atoms with Crippen molar-refractivity contribution in [2.75, 3.05) is 5.32 Å². The zero-order valence-corrected chi connectivity index (χ0v) is 16.4. The van der Waals surface area contributed by atoms with Crippen LogP contribution in [0.1, 0.15) is 20.8 Å². The van der Waals surface area contributed by atoms with Crippen molar-refractivity contribution < 1.29 is 9.59 Å². The van der Waals surface area contributed by atoms with Gasteiger partial charge >= 0.3 is 0 Å². The Morgan fingerprint density at radius 2 is 1.38 bits per heavy atom. The van der Waals surface area contributed by atoms with Crippen LogP contribution in [-0.2, 0) is 11.2 Å². The molecule has 0 aliphatic heterocycles. The number of ketones is 1. The molecule has 1 heterocycles. The second-order valence-corrected chi connectivity index (χ2v) is 7.47. The third-order valence-electron chi connectivity index (χ3n) is 4.37. The highest BCUT2D eigenvalue weighted by atomic mass is 32.1. The van der Waals surface area contributed by atoms with Crippen LogP contribution in [0.4, 0.5) is 5.13 Å². The highest BCUT2D eigenvalue weighted by Gasteiger charge is 2.21. The minimum atomic E-state index is -0.164. The van der Waals surface area contributed by atoms with Gasteiger partial charge in [-0.3, -0.25) is 9.59 Å². The molecule has 1 amide bonds. The van der Waals surface area contributed by atoms with Gasteiger partial charge in [-0.1, -0.05) is 102 Å². The normalized spacial score (nSPS) is 10.5. The van der Waals surface area contributed by atoms with E-state index in [9.17, 15) is 9.59 Å². The van der Waals surface area contributed by atoms with Gasteiger partial charge in [0, 0.05) is 11.1 Å². The lowest BCUT2D eigenvalue weighted by Gasteiger charge is -2.02. The monoisotopic (exact) mass is 398 g/mol. The summed E-state index contributed by atoms with van der Waals surface area (Å²) in [4.78, 5) is 30.6. The first-order chi connectivity index (χ1) is 14.2. The van der Waals surface area contributed by atoms with E-state index in [1.54, 1.807) is 12.1 Å². The Bertz CT molecular complexity index is 1120. The number of thiazole rings is 1. The number of nitrogens with one attached hydrogen (secondary N) is 1. The van der Waals surface area contributed by atoms with Crippen molar-refractivity contribution in [1.29, 1.82) is 0 Å². The number of hydrogen-bond donors (Lipinski definition) is 1. The van der Waals surface area contributed by atoms with Crippen LogP contribution in [0.15, 0.2) is 91.0 Å². The van der Waals surface area contributed by atoms with Crippen LogP contribution in [-0.4, -0.2) is 16.7 Å². The number of aromatic nitrogens is 1. The third kappa shape index (κ3) is 4.47. The van der Waals surface area contributed by atoms with Crippen molar-refractivity contribution in [2.24, 2.45) is 0 Å². The number of hydrogen-bond acceptors (Lipinski definition) is 4. The van der Waals surface area contributed by atoms with E-state index < -0.39 is 0 Å². The average Bonchev–Trinajstić information content (AvgIpc) is 3.18. The molecule has 3 aromatic carbocycles. The largest absolute Gasteiger partial charge is 0.302 e. The second kappa shape index (κ2) is 8.63. The Kier molecular flexibility index (Phi) is 5.59. The molecule has 142 valence electrons. The van der Waals surface area contributed by atoms with Crippen molar-refractivity contribution in [3.05, 3.63) is 107 Å². The molecular weight excluding hydrogens is 380 g/mol. The number of carbonyl (C=O) groups is 2. The zero-order chi connectivity index (χ0) is 20.1. The molecule has 0 radical (unpaired) electrons. The first-order valence-corrected chi connectivity index (χ1v) is 10.0. The van der Waals surface area contributed by atoms with Gasteiger partial charge in [-0.25, -0.2) is 4.98 Å². The van der Waals surface area contributed by atoms with Crippen molar-refractivity contribution in [3.8, 4) is 11.3 Å². The van der Waals surface area contributed by atoms with Crippen LogP contribution in [0.3, 0.4) is 0 Å². The molecule has 4 rings (SSSR count). The first kappa shape index (κ1) is 18.8. The van der Waals surface area contributed by atoms with Gasteiger partial charge in [0.2, 0.25) is 11.7 Å². The maximum absolute atomic E-state index is 13.1. The quantitative estimate of drug-likeness (QED) is 0.453. The number of anilines is 1. The number of rotatable bonds is 6. The summed E-state index contributed by atoms with van der Waals surface area (Å²) in [5.41, 5.74) is 2.94. The van der Waals surface area contributed by atoms with Crippen molar-refractivity contribution in [3.63, 3.8) is 0 Å². The summed E-state index contributed by atoms with van der Waals surface area (Å²) in [5, 5.41) is 3.26. The number of benzene rings is 3. The van der Waals surface area contributed by atoms with E-state index in [2.05, 4.69) is 10.3 Å². The SMILES string of the molecule is O=C(Cc1ccccc1)Nc1nc(-c2ccccc2)c(C(=O)c2ccccc2)s1. The van der Waals surface area contributed by atoms with Crippen LogP contribution in [0.2, 0.25) is 0 Å². The molecule has 0 saturated carbocycles. The lowest BCUT2D eigenvalue weighted by molar-refractivity contribution is -0.115. The number of carbonyl (C=O) groups excluding carboxylic acids is 2. The summed E-state index contributed by atoms with van der Waals surface area (Å²) < 4.78 is 0. The molecule has 29 heavy (non-hydrogen) atoms. The maximum atomic E-state index is 13.1. The van der Waals surface area contributed by atoms with Crippen LogP contribution in [0.5, 0.6) is 0 Å². The van der Waals surface area contributed by atoms with Gasteiger partial charge in [0.1, 0.15) is 4.88 Å². The number of nitrogens with zero attached hydrogens (tertiary/aromatic N) is 1. The molecule has 0 aliphatic carbocycles. The van der Waals surface area contributed by atoms with Crippen LogP contribution >= 0.6 is 11.3 Å². The van der Waals surface area contributed by atoms with Gasteiger partial charge in [0.15, 0.2) is 5.13 Å². The van der Waals surface area contributed by atoms with Crippen LogP contribution < -0.4 is 5.32 Å². The summed E-state index contributed by atoms with van der Waals surface area (Å²) in [7, 11) is 0. The molecule has 0 bridgehead atoms. The van der Waals surface area contributed by atoms with Crippen molar-refractivity contribution in [1.82, 2.24) is 4.98 Å². The maximum Gasteiger partial charge on any atom is 0.230 e. The van der Waals surface area contributed by atoms with Crippen LogP contribution in [0, 0.1) is 0 Å². The van der Waals surface area contributed by atoms with Crippen molar-refractivity contribution in [2.45, 2.75) is 6.42 Å². The number of amides is 1. The van der Waals surface area contributed by atoms with E-state index in [0.29, 0.717) is 21.3 Å². The Morgan fingerprint density at radius 3 is 2.03 bits per heavy atom. The summed E-state index contributed by atoms with van der Waals surface area (Å²) in [5.74, 6) is -0.270. The molecule has 5 heteroatoms. The Balaban J connectivity index is 1.64. The predicted molar refractivity (Wildman–Crippen MR) is 116 cm³/mol. The predicted octanol–water partition coefficient (Wildman–Crippen LogP) is 5.22. The molecule has 0 atom stereocenters. The Hall–Kier alpha value is -3.57. The minimum absolute atomic E-state index is 0.106. The molecule has 4 aromatic rings. The van der Waals surface area contributed by atoms with Gasteiger partial charge in [-0.2, -0.15) is 0 Å². The first-order valence-electron chi connectivity index (χ1n) is 9.20. The lowest BCUT2D eigenvalue weighted by atomic mass is 10.1. The molecule has 0 spiro atoms. The summed E-state index contributed by atoms with van der Waals surface area (Å²) in [6.45, 7) is 0. The summed E-state index contributed by atoms with van der Waals surface area (Å²) in [6.07, 6.45) is 0.253. The molecule has 0 saturated heterocycles. The fourth-order valence-electron chi connectivity index (χ4n) is 2.98. The van der Waals surface area contributed by atoms with E-state index in [1.165, 1.54) is 11.3 Å². The Labute approximate surface area is 172 Å². The zero-order valence-electron chi connectivity index (χ0n) is 15.5. The van der Waals surface area contributed by atoms with E-state index >= 15 is 0 Å². The third-order valence-corrected chi connectivity index (χ3v) is 5.34. The standard InChI is InChI=1S/C24H18N2O2S/c27-20(16-17-10-4-1-5-11-17)25-24-26-21(18-12-6-2-7-13-18)23(29-24)22(28)19-14-8-3-9-15-19/h1-15H,16H2,(H,25,26,27). The second-order valence-electron chi connectivity index (χ2n) is 6.47. The Morgan fingerprint density at radius 1 is 0.793 bits per heavy atom. The fraction of sp³-hybridized carbons (Fsp3) is 0.0417. The molecule has 0 fully saturated rings. The highest BCUT2D eigenvalue weighted by molar-refractivity contribution is 7.18. The van der Waals surface area contributed by atoms with Gasteiger partial charge in [-0.05, 0) is 5.56 Å². The van der Waals surface area contributed by atoms with Crippen molar-refractivity contribution >= 4 is 28.2 Å². The van der Waals surface area contributed by atoms with Crippen LogP contribution in [0.25, 0.3) is 11.3 Å². The molecule has 1 aromatic heterocycles. The molecule has 1 N–H and O–H groups in total. The molecular formula is C24H18N2O2S. The molecule has 0 unspecified atom stereocenters. The fourth-order valence-corrected chi connectivity index (χ4v) is 3.95. The van der Waals surface area contributed by atoms with E-state index in [4.69, 9.17) is 0 Å². The van der Waals surface area contributed by atoms with Gasteiger partial charge in [0.25, 0.3) is 0 Å². The van der Waals surface area contributed by atoms with Gasteiger partial charge in [-0.15, -0.1) is 0 Å².